The summed E-state index contributed by atoms with van der Waals surface area (Å²) in [6, 6.07) is 3.42. The van der Waals surface area contributed by atoms with Crippen LogP contribution in [0.15, 0.2) is 12.1 Å². The van der Waals surface area contributed by atoms with E-state index in [9.17, 15) is 4.79 Å². The molecule has 1 amide bonds. The molecule has 0 atom stereocenters. The third-order valence-corrected chi connectivity index (χ3v) is 2.99. The van der Waals surface area contributed by atoms with Crippen LogP contribution in [0.25, 0.3) is 11.0 Å². The summed E-state index contributed by atoms with van der Waals surface area (Å²) in [6.07, 6.45) is 0. The second-order valence-corrected chi connectivity index (χ2v) is 4.38. The van der Waals surface area contributed by atoms with Gasteiger partial charge in [-0.1, -0.05) is 11.6 Å². The molecule has 1 aromatic heterocycles. The number of amides is 1. The second-order valence-electron chi connectivity index (χ2n) is 3.44. The molecule has 96 valence electrons. The van der Waals surface area contributed by atoms with Crippen molar-refractivity contribution in [2.24, 2.45) is 5.73 Å². The number of nitrogens with zero attached hydrogens (tertiary/aromatic N) is 2. The van der Waals surface area contributed by atoms with Gasteiger partial charge in [0.25, 0.3) is 0 Å². The van der Waals surface area contributed by atoms with E-state index in [0.29, 0.717) is 34.9 Å². The van der Waals surface area contributed by atoms with E-state index >= 15 is 0 Å². The van der Waals surface area contributed by atoms with Gasteiger partial charge in [-0.3, -0.25) is 4.79 Å². The molecule has 0 saturated heterocycles. The van der Waals surface area contributed by atoms with Crippen LogP contribution in [0.2, 0.25) is 5.02 Å². The number of nitrogens with one attached hydrogen (secondary N) is 1. The lowest BCUT2D eigenvalue weighted by Gasteiger charge is -2.07. The van der Waals surface area contributed by atoms with Crippen molar-refractivity contribution in [2.75, 3.05) is 25.1 Å². The van der Waals surface area contributed by atoms with Gasteiger partial charge in [0.2, 0.25) is 5.91 Å². The molecule has 2 aromatic rings. The molecular formula is C10H11ClN4O2S. The Labute approximate surface area is 112 Å². The van der Waals surface area contributed by atoms with Crippen molar-refractivity contribution in [1.82, 2.24) is 8.75 Å². The van der Waals surface area contributed by atoms with E-state index in [0.717, 1.165) is 11.7 Å². The Morgan fingerprint density at radius 2 is 2.33 bits per heavy atom. The van der Waals surface area contributed by atoms with Gasteiger partial charge in [-0.05, 0) is 12.1 Å². The molecule has 0 unspecified atom stereocenters. The van der Waals surface area contributed by atoms with Crippen LogP contribution in [-0.2, 0) is 9.53 Å². The normalized spacial score (nSPS) is 10.8. The number of halogens is 1. The van der Waals surface area contributed by atoms with Crippen LogP contribution >= 0.6 is 23.3 Å². The fourth-order valence-electron chi connectivity index (χ4n) is 1.37. The summed E-state index contributed by atoms with van der Waals surface area (Å²) in [5.41, 5.74) is 7.00. The first-order chi connectivity index (χ1) is 8.72. The van der Waals surface area contributed by atoms with Crippen LogP contribution in [0.3, 0.4) is 0 Å². The van der Waals surface area contributed by atoms with Gasteiger partial charge in [-0.2, -0.15) is 8.75 Å². The number of benzene rings is 1. The van der Waals surface area contributed by atoms with E-state index in [-0.39, 0.29) is 12.5 Å². The fraction of sp³-hybridized carbons (Fsp3) is 0.300. The zero-order valence-electron chi connectivity index (χ0n) is 9.35. The number of rotatable bonds is 5. The lowest BCUT2D eigenvalue weighted by atomic mass is 10.2. The van der Waals surface area contributed by atoms with Gasteiger partial charge in [0.1, 0.15) is 17.6 Å². The molecule has 3 N–H and O–H groups in total. The van der Waals surface area contributed by atoms with Gasteiger partial charge < -0.3 is 15.8 Å². The first-order valence-electron chi connectivity index (χ1n) is 5.21. The number of hydrogen-bond donors (Lipinski definition) is 2. The van der Waals surface area contributed by atoms with E-state index in [2.05, 4.69) is 14.1 Å². The maximum atomic E-state index is 11.6. The van der Waals surface area contributed by atoms with Crippen molar-refractivity contribution >= 4 is 46.0 Å². The molecule has 0 fully saturated rings. The minimum absolute atomic E-state index is 0.0680. The highest BCUT2D eigenvalue weighted by Crippen LogP contribution is 2.29. The fourth-order valence-corrected chi connectivity index (χ4v) is 2.11. The zero-order valence-corrected chi connectivity index (χ0v) is 10.9. The number of ether oxygens (including phenoxy) is 1. The molecule has 0 aliphatic heterocycles. The molecular weight excluding hydrogens is 276 g/mol. The molecule has 2 rings (SSSR count). The van der Waals surface area contributed by atoms with Crippen LogP contribution in [0.1, 0.15) is 0 Å². The minimum atomic E-state index is -0.300. The van der Waals surface area contributed by atoms with Gasteiger partial charge >= 0.3 is 0 Å². The van der Waals surface area contributed by atoms with Crippen LogP contribution < -0.4 is 11.1 Å². The predicted molar refractivity (Wildman–Crippen MR) is 70.9 cm³/mol. The van der Waals surface area contributed by atoms with Crippen molar-refractivity contribution in [3.05, 3.63) is 17.2 Å². The molecule has 1 heterocycles. The quantitative estimate of drug-likeness (QED) is 0.808. The summed E-state index contributed by atoms with van der Waals surface area (Å²) in [5, 5.41) is 3.08. The van der Waals surface area contributed by atoms with Gasteiger partial charge in [0, 0.05) is 6.54 Å². The average Bonchev–Trinajstić information content (AvgIpc) is 2.82. The van der Waals surface area contributed by atoms with Gasteiger partial charge in [0.05, 0.1) is 29.0 Å². The van der Waals surface area contributed by atoms with E-state index in [1.165, 1.54) is 0 Å². The van der Waals surface area contributed by atoms with Crippen LogP contribution in [0.4, 0.5) is 5.69 Å². The molecule has 0 aliphatic rings. The van der Waals surface area contributed by atoms with Crippen molar-refractivity contribution in [3.63, 3.8) is 0 Å². The smallest absolute Gasteiger partial charge is 0.250 e. The molecule has 6 nitrogen and oxygen atoms in total. The number of fused-ring (bicyclic) bond motifs is 1. The highest BCUT2D eigenvalue weighted by Gasteiger charge is 2.12. The SMILES string of the molecule is NCCOCC(=O)Nc1c(Cl)ccc2nsnc12. The Bertz CT molecular complexity index is 560. The summed E-state index contributed by atoms with van der Waals surface area (Å²) < 4.78 is 13.2. The van der Waals surface area contributed by atoms with Crippen molar-refractivity contribution < 1.29 is 9.53 Å². The third-order valence-electron chi connectivity index (χ3n) is 2.14. The van der Waals surface area contributed by atoms with Crippen LogP contribution in [-0.4, -0.2) is 34.4 Å². The number of carbonyl (C=O) groups excluding carboxylic acids is 1. The topological polar surface area (TPSA) is 90.1 Å². The monoisotopic (exact) mass is 286 g/mol. The highest BCUT2D eigenvalue weighted by atomic mass is 35.5. The van der Waals surface area contributed by atoms with Crippen molar-refractivity contribution in [1.29, 1.82) is 0 Å². The number of hydrogen-bond acceptors (Lipinski definition) is 6. The van der Waals surface area contributed by atoms with Crippen LogP contribution in [0, 0.1) is 0 Å². The Kier molecular flexibility index (Phi) is 4.43. The zero-order chi connectivity index (χ0) is 13.0. The van der Waals surface area contributed by atoms with Gasteiger partial charge in [-0.15, -0.1) is 0 Å². The first kappa shape index (κ1) is 13.2. The van der Waals surface area contributed by atoms with E-state index in [4.69, 9.17) is 22.1 Å². The van der Waals surface area contributed by atoms with Gasteiger partial charge in [0.15, 0.2) is 0 Å². The molecule has 18 heavy (non-hydrogen) atoms. The minimum Gasteiger partial charge on any atom is -0.370 e. The Morgan fingerprint density at radius 1 is 1.50 bits per heavy atom. The molecule has 0 bridgehead atoms. The molecule has 8 heteroatoms. The molecule has 1 aromatic carbocycles. The summed E-state index contributed by atoms with van der Waals surface area (Å²) in [7, 11) is 0. The van der Waals surface area contributed by atoms with E-state index in [1.54, 1.807) is 12.1 Å². The summed E-state index contributed by atoms with van der Waals surface area (Å²) in [4.78, 5) is 11.6. The summed E-state index contributed by atoms with van der Waals surface area (Å²) in [6.45, 7) is 0.644. The Balaban J connectivity index is 2.13. The van der Waals surface area contributed by atoms with Crippen molar-refractivity contribution in [2.45, 2.75) is 0 Å². The maximum Gasteiger partial charge on any atom is 0.250 e. The Hall–Kier alpha value is -1.28. The first-order valence-corrected chi connectivity index (χ1v) is 6.31. The molecule has 0 aliphatic carbocycles. The largest absolute Gasteiger partial charge is 0.370 e. The summed E-state index contributed by atoms with van der Waals surface area (Å²) in [5.74, 6) is -0.300. The number of carbonyl (C=O) groups is 1. The summed E-state index contributed by atoms with van der Waals surface area (Å²) >= 11 is 7.09. The van der Waals surface area contributed by atoms with Gasteiger partial charge in [-0.25, -0.2) is 0 Å². The van der Waals surface area contributed by atoms with Crippen molar-refractivity contribution in [3.8, 4) is 0 Å². The molecule has 0 radical (unpaired) electrons. The predicted octanol–water partition coefficient (Wildman–Crippen LogP) is 1.26. The second kappa shape index (κ2) is 6.05. The standard InChI is InChI=1S/C10H11ClN4O2S/c11-6-1-2-7-10(15-18-14-7)9(6)13-8(16)5-17-4-3-12/h1-2H,3-5,12H2,(H,13,16). The number of nitrogens with two attached hydrogens (primary N) is 1. The van der Waals surface area contributed by atoms with E-state index in [1.807, 2.05) is 0 Å². The number of anilines is 1. The molecule has 0 spiro atoms. The Morgan fingerprint density at radius 3 is 3.11 bits per heavy atom. The van der Waals surface area contributed by atoms with E-state index < -0.39 is 0 Å². The third kappa shape index (κ3) is 2.94. The number of aromatic nitrogens is 2. The average molecular weight is 287 g/mol. The van der Waals surface area contributed by atoms with Crippen LogP contribution in [0.5, 0.6) is 0 Å². The molecule has 0 saturated carbocycles. The lowest BCUT2D eigenvalue weighted by molar-refractivity contribution is -0.120. The maximum absolute atomic E-state index is 11.6. The lowest BCUT2D eigenvalue weighted by Crippen LogP contribution is -2.21. The highest BCUT2D eigenvalue weighted by molar-refractivity contribution is 7.00.